The predicted octanol–water partition coefficient (Wildman–Crippen LogP) is 2.79. The van der Waals surface area contributed by atoms with Crippen LogP contribution in [0.2, 0.25) is 0 Å². The summed E-state index contributed by atoms with van der Waals surface area (Å²) in [5, 5.41) is 3.32. The van der Waals surface area contributed by atoms with Gasteiger partial charge in [-0.15, -0.1) is 0 Å². The Bertz CT molecular complexity index is 539. The first-order valence-corrected chi connectivity index (χ1v) is 9.23. The molecule has 0 aliphatic heterocycles. The molecule has 4 nitrogen and oxygen atoms in total. The topological polar surface area (TPSA) is 58.2 Å². The molecule has 0 unspecified atom stereocenters. The standard InChI is InChI=1S/C16H28N2O2S/c1-5-10-17-12-14-8-7-9-15(11-14)13-21(19,20)18-16(3,4)6-2/h7-9,11,17-18H,5-6,10,12-13H2,1-4H3. The molecule has 0 bridgehead atoms. The molecule has 21 heavy (non-hydrogen) atoms. The van der Waals surface area contributed by atoms with Crippen LogP contribution in [-0.2, 0) is 22.3 Å². The number of sulfonamides is 1. The molecular formula is C16H28N2O2S. The summed E-state index contributed by atoms with van der Waals surface area (Å²) < 4.78 is 27.2. The Kier molecular flexibility index (Phi) is 6.84. The van der Waals surface area contributed by atoms with Gasteiger partial charge in [0.15, 0.2) is 0 Å². The summed E-state index contributed by atoms with van der Waals surface area (Å²) in [6.07, 6.45) is 1.84. The summed E-state index contributed by atoms with van der Waals surface area (Å²) in [5.74, 6) is 0.0258. The van der Waals surface area contributed by atoms with Crippen LogP contribution in [0.5, 0.6) is 0 Å². The number of hydrogen-bond donors (Lipinski definition) is 2. The van der Waals surface area contributed by atoms with Crippen molar-refractivity contribution in [3.63, 3.8) is 0 Å². The van der Waals surface area contributed by atoms with Crippen molar-refractivity contribution in [1.82, 2.24) is 10.0 Å². The summed E-state index contributed by atoms with van der Waals surface area (Å²) in [6.45, 7) is 9.63. The smallest absolute Gasteiger partial charge is 0.216 e. The molecule has 0 aliphatic rings. The Balaban J connectivity index is 2.71. The second kappa shape index (κ2) is 7.92. The molecule has 0 spiro atoms. The molecule has 0 aliphatic carbocycles. The number of nitrogens with one attached hydrogen (secondary N) is 2. The maximum absolute atomic E-state index is 12.2. The van der Waals surface area contributed by atoms with E-state index in [0.29, 0.717) is 0 Å². The van der Waals surface area contributed by atoms with Gasteiger partial charge in [-0.25, -0.2) is 13.1 Å². The summed E-state index contributed by atoms with van der Waals surface area (Å²) in [4.78, 5) is 0. The van der Waals surface area contributed by atoms with E-state index in [0.717, 1.165) is 37.1 Å². The summed E-state index contributed by atoms with van der Waals surface area (Å²) in [5.41, 5.74) is 1.54. The SMILES string of the molecule is CCCNCc1cccc(CS(=O)(=O)NC(C)(C)CC)c1. The third kappa shape index (κ3) is 7.07. The van der Waals surface area contributed by atoms with Gasteiger partial charge in [0, 0.05) is 12.1 Å². The second-order valence-electron chi connectivity index (χ2n) is 6.10. The van der Waals surface area contributed by atoms with Crippen molar-refractivity contribution in [2.75, 3.05) is 6.54 Å². The van der Waals surface area contributed by atoms with Crippen molar-refractivity contribution in [3.8, 4) is 0 Å². The van der Waals surface area contributed by atoms with Crippen molar-refractivity contribution in [1.29, 1.82) is 0 Å². The minimum absolute atomic E-state index is 0.0258. The molecule has 0 fully saturated rings. The van der Waals surface area contributed by atoms with Crippen LogP contribution >= 0.6 is 0 Å². The first-order valence-electron chi connectivity index (χ1n) is 7.58. The maximum atomic E-state index is 12.2. The minimum Gasteiger partial charge on any atom is -0.313 e. The molecule has 0 amide bonds. The highest BCUT2D eigenvalue weighted by molar-refractivity contribution is 7.88. The Hall–Kier alpha value is -0.910. The number of benzene rings is 1. The van der Waals surface area contributed by atoms with Gasteiger partial charge >= 0.3 is 0 Å². The van der Waals surface area contributed by atoms with Gasteiger partial charge in [0.1, 0.15) is 0 Å². The summed E-state index contributed by atoms with van der Waals surface area (Å²) in [7, 11) is -3.32. The van der Waals surface area contributed by atoms with Gasteiger partial charge < -0.3 is 5.32 Å². The highest BCUT2D eigenvalue weighted by Gasteiger charge is 2.23. The maximum Gasteiger partial charge on any atom is 0.216 e. The quantitative estimate of drug-likeness (QED) is 0.689. The van der Waals surface area contributed by atoms with Gasteiger partial charge in [-0.3, -0.25) is 0 Å². The third-order valence-electron chi connectivity index (χ3n) is 3.42. The zero-order valence-corrected chi connectivity index (χ0v) is 14.4. The van der Waals surface area contributed by atoms with Gasteiger partial charge in [-0.2, -0.15) is 0 Å². The van der Waals surface area contributed by atoms with Crippen LogP contribution in [-0.4, -0.2) is 20.5 Å². The van der Waals surface area contributed by atoms with Crippen LogP contribution in [0.1, 0.15) is 51.7 Å². The molecule has 1 rings (SSSR count). The Labute approximate surface area is 129 Å². The number of rotatable bonds is 9. The first-order chi connectivity index (χ1) is 9.78. The molecule has 1 aromatic rings. The van der Waals surface area contributed by atoms with Crippen LogP contribution in [0.4, 0.5) is 0 Å². The van der Waals surface area contributed by atoms with Crippen LogP contribution in [0.25, 0.3) is 0 Å². The fraction of sp³-hybridized carbons (Fsp3) is 0.625. The van der Waals surface area contributed by atoms with E-state index in [1.807, 2.05) is 45.0 Å². The van der Waals surface area contributed by atoms with E-state index in [1.54, 1.807) is 0 Å². The first kappa shape index (κ1) is 18.1. The van der Waals surface area contributed by atoms with Crippen molar-refractivity contribution in [2.45, 2.75) is 58.4 Å². The van der Waals surface area contributed by atoms with E-state index in [4.69, 9.17) is 0 Å². The largest absolute Gasteiger partial charge is 0.313 e. The molecule has 0 radical (unpaired) electrons. The predicted molar refractivity (Wildman–Crippen MR) is 88.6 cm³/mol. The molecule has 0 saturated heterocycles. The average Bonchev–Trinajstić information content (AvgIpc) is 2.37. The lowest BCUT2D eigenvalue weighted by molar-refractivity contribution is 0.439. The van der Waals surface area contributed by atoms with E-state index in [-0.39, 0.29) is 5.75 Å². The van der Waals surface area contributed by atoms with E-state index < -0.39 is 15.6 Å². The molecule has 5 heteroatoms. The van der Waals surface area contributed by atoms with Gasteiger partial charge in [0.2, 0.25) is 10.0 Å². The van der Waals surface area contributed by atoms with Crippen molar-refractivity contribution >= 4 is 10.0 Å². The highest BCUT2D eigenvalue weighted by Crippen LogP contribution is 2.13. The monoisotopic (exact) mass is 312 g/mol. The van der Waals surface area contributed by atoms with E-state index in [2.05, 4.69) is 17.0 Å². The zero-order chi connectivity index (χ0) is 15.9. The fourth-order valence-electron chi connectivity index (χ4n) is 1.99. The van der Waals surface area contributed by atoms with Crippen LogP contribution in [0, 0.1) is 0 Å². The zero-order valence-electron chi connectivity index (χ0n) is 13.6. The molecule has 0 saturated carbocycles. The second-order valence-corrected chi connectivity index (χ2v) is 7.82. The molecule has 1 aromatic carbocycles. The molecular weight excluding hydrogens is 284 g/mol. The number of hydrogen-bond acceptors (Lipinski definition) is 3. The van der Waals surface area contributed by atoms with Crippen LogP contribution in [0.3, 0.4) is 0 Å². The van der Waals surface area contributed by atoms with Crippen molar-refractivity contribution < 1.29 is 8.42 Å². The third-order valence-corrected chi connectivity index (χ3v) is 5.00. The van der Waals surface area contributed by atoms with Crippen molar-refractivity contribution in [3.05, 3.63) is 35.4 Å². The lowest BCUT2D eigenvalue weighted by atomic mass is 10.0. The molecule has 0 heterocycles. The average molecular weight is 312 g/mol. The minimum atomic E-state index is -3.32. The van der Waals surface area contributed by atoms with E-state index in [9.17, 15) is 8.42 Å². The Morgan fingerprint density at radius 3 is 2.43 bits per heavy atom. The van der Waals surface area contributed by atoms with E-state index >= 15 is 0 Å². The molecule has 0 atom stereocenters. The summed E-state index contributed by atoms with van der Waals surface area (Å²) >= 11 is 0. The lowest BCUT2D eigenvalue weighted by Crippen LogP contribution is -2.43. The van der Waals surface area contributed by atoms with Gasteiger partial charge in [0.05, 0.1) is 5.75 Å². The van der Waals surface area contributed by atoms with E-state index in [1.165, 1.54) is 0 Å². The molecule has 2 N–H and O–H groups in total. The van der Waals surface area contributed by atoms with Crippen molar-refractivity contribution in [2.24, 2.45) is 0 Å². The van der Waals surface area contributed by atoms with Gasteiger partial charge in [-0.1, -0.05) is 38.1 Å². The van der Waals surface area contributed by atoms with Crippen LogP contribution < -0.4 is 10.0 Å². The normalized spacial score (nSPS) is 12.6. The van der Waals surface area contributed by atoms with Gasteiger partial charge in [0.25, 0.3) is 0 Å². The van der Waals surface area contributed by atoms with Gasteiger partial charge in [-0.05, 0) is 44.4 Å². The highest BCUT2D eigenvalue weighted by atomic mass is 32.2. The lowest BCUT2D eigenvalue weighted by Gasteiger charge is -2.24. The van der Waals surface area contributed by atoms with Crippen LogP contribution in [0.15, 0.2) is 24.3 Å². The Morgan fingerprint density at radius 1 is 1.14 bits per heavy atom. The molecule has 120 valence electrons. The fourth-order valence-corrected chi connectivity index (χ4v) is 3.66. The Morgan fingerprint density at radius 2 is 1.81 bits per heavy atom. The summed E-state index contributed by atoms with van der Waals surface area (Å²) in [6, 6.07) is 7.75. The molecule has 0 aromatic heterocycles.